The van der Waals surface area contributed by atoms with E-state index in [0.29, 0.717) is 5.92 Å². The highest BCUT2D eigenvalue weighted by molar-refractivity contribution is 5.77. The van der Waals surface area contributed by atoms with Gasteiger partial charge >= 0.3 is 0 Å². The molecule has 2 nitrogen and oxygen atoms in total. The van der Waals surface area contributed by atoms with E-state index in [0.717, 1.165) is 12.2 Å². The molecule has 0 aliphatic heterocycles. The molecule has 2 rings (SSSR count). The quantitative estimate of drug-likeness (QED) is 0.707. The van der Waals surface area contributed by atoms with Crippen LogP contribution >= 0.6 is 0 Å². The lowest BCUT2D eigenvalue weighted by atomic mass is 10.1. The second-order valence-electron chi connectivity index (χ2n) is 3.88. The summed E-state index contributed by atoms with van der Waals surface area (Å²) in [6, 6.07) is 6.36. The van der Waals surface area contributed by atoms with E-state index in [9.17, 15) is 0 Å². The molecule has 0 unspecified atom stereocenters. The summed E-state index contributed by atoms with van der Waals surface area (Å²) in [5.41, 5.74) is 2.49. The highest BCUT2D eigenvalue weighted by Crippen LogP contribution is 2.23. The molecule has 0 spiro atoms. The van der Waals surface area contributed by atoms with Crippen LogP contribution in [0.4, 0.5) is 0 Å². The van der Waals surface area contributed by atoms with Crippen molar-refractivity contribution in [1.82, 2.24) is 9.55 Å². The van der Waals surface area contributed by atoms with Crippen LogP contribution in [0.3, 0.4) is 0 Å². The molecule has 0 saturated heterocycles. The van der Waals surface area contributed by atoms with Gasteiger partial charge in [-0.25, -0.2) is 4.98 Å². The molecule has 74 valence electrons. The molecule has 0 aliphatic carbocycles. The van der Waals surface area contributed by atoms with Crippen molar-refractivity contribution in [2.24, 2.45) is 0 Å². The fourth-order valence-electron chi connectivity index (χ4n) is 1.92. The van der Waals surface area contributed by atoms with E-state index in [1.165, 1.54) is 11.1 Å². The van der Waals surface area contributed by atoms with Crippen LogP contribution in [-0.2, 0) is 6.54 Å². The Labute approximate surface area is 84.6 Å². The Morgan fingerprint density at radius 1 is 1.43 bits per heavy atom. The lowest BCUT2D eigenvalue weighted by Crippen LogP contribution is -2.02. The summed E-state index contributed by atoms with van der Waals surface area (Å²) in [6.45, 7) is 7.61. The minimum absolute atomic E-state index is 0.559. The Kier molecular flexibility index (Phi) is 2.28. The fraction of sp³-hybridized carbons (Fsp3) is 0.417. The van der Waals surface area contributed by atoms with Gasteiger partial charge in [-0.1, -0.05) is 13.8 Å². The van der Waals surface area contributed by atoms with Gasteiger partial charge in [0, 0.05) is 23.8 Å². The normalized spacial score (nSPS) is 11.4. The van der Waals surface area contributed by atoms with Crippen molar-refractivity contribution in [1.29, 1.82) is 0 Å². The third-order valence-corrected chi connectivity index (χ3v) is 2.60. The predicted octanol–water partition coefficient (Wildman–Crippen LogP) is 3.18. The smallest absolute Gasteiger partial charge is 0.140 e. The van der Waals surface area contributed by atoms with Crippen LogP contribution in [0.2, 0.25) is 0 Å². The first-order chi connectivity index (χ1) is 6.74. The van der Waals surface area contributed by atoms with Crippen LogP contribution < -0.4 is 0 Å². The number of pyridine rings is 1. The van der Waals surface area contributed by atoms with Gasteiger partial charge in [0.15, 0.2) is 0 Å². The van der Waals surface area contributed by atoms with Gasteiger partial charge in [0.25, 0.3) is 0 Å². The van der Waals surface area contributed by atoms with E-state index in [2.05, 4.69) is 42.5 Å². The van der Waals surface area contributed by atoms with Gasteiger partial charge in [0.1, 0.15) is 5.65 Å². The maximum absolute atomic E-state index is 4.42. The molecule has 2 heterocycles. The van der Waals surface area contributed by atoms with Crippen LogP contribution in [0.25, 0.3) is 11.0 Å². The molecule has 0 atom stereocenters. The van der Waals surface area contributed by atoms with E-state index in [4.69, 9.17) is 0 Å². The van der Waals surface area contributed by atoms with Crippen molar-refractivity contribution >= 4 is 11.0 Å². The molecule has 0 radical (unpaired) electrons. The van der Waals surface area contributed by atoms with E-state index in [1.807, 2.05) is 12.3 Å². The molecule has 0 bridgehead atoms. The van der Waals surface area contributed by atoms with E-state index in [-0.39, 0.29) is 0 Å². The summed E-state index contributed by atoms with van der Waals surface area (Å²) in [7, 11) is 0. The molecule has 2 aromatic heterocycles. The minimum atomic E-state index is 0.559. The van der Waals surface area contributed by atoms with Crippen LogP contribution in [0.1, 0.15) is 32.4 Å². The zero-order valence-electron chi connectivity index (χ0n) is 8.99. The van der Waals surface area contributed by atoms with Crippen LogP contribution in [-0.4, -0.2) is 9.55 Å². The Hall–Kier alpha value is -1.31. The zero-order valence-corrected chi connectivity index (χ0v) is 8.99. The van der Waals surface area contributed by atoms with Gasteiger partial charge in [0.2, 0.25) is 0 Å². The molecule has 14 heavy (non-hydrogen) atoms. The number of aryl methyl sites for hydroxylation is 1. The number of fused-ring (bicyclic) bond motifs is 1. The summed E-state index contributed by atoms with van der Waals surface area (Å²) in [6.07, 6.45) is 1.86. The highest BCUT2D eigenvalue weighted by Gasteiger charge is 2.10. The SMILES string of the molecule is CCn1c(C(C)C)cc2cccnc21. The third kappa shape index (κ3) is 1.31. The van der Waals surface area contributed by atoms with Crippen molar-refractivity contribution < 1.29 is 0 Å². The maximum atomic E-state index is 4.42. The monoisotopic (exact) mass is 188 g/mol. The Morgan fingerprint density at radius 2 is 2.21 bits per heavy atom. The largest absolute Gasteiger partial charge is 0.330 e. The van der Waals surface area contributed by atoms with Gasteiger partial charge in [-0.15, -0.1) is 0 Å². The van der Waals surface area contributed by atoms with Crippen molar-refractivity contribution in [2.75, 3.05) is 0 Å². The summed E-state index contributed by atoms with van der Waals surface area (Å²) < 4.78 is 2.29. The lowest BCUT2D eigenvalue weighted by Gasteiger charge is -2.09. The van der Waals surface area contributed by atoms with E-state index in [1.54, 1.807) is 0 Å². The van der Waals surface area contributed by atoms with Gasteiger partial charge < -0.3 is 4.57 Å². The predicted molar refractivity (Wildman–Crippen MR) is 59.5 cm³/mol. The Morgan fingerprint density at radius 3 is 2.86 bits per heavy atom. The Balaban J connectivity index is 2.72. The minimum Gasteiger partial charge on any atom is -0.330 e. The van der Waals surface area contributed by atoms with Crippen molar-refractivity contribution in [3.8, 4) is 0 Å². The standard InChI is InChI=1S/C12H16N2/c1-4-14-11(9(2)3)8-10-6-5-7-13-12(10)14/h5-9H,4H2,1-3H3. The molecule has 0 amide bonds. The van der Waals surface area contributed by atoms with Crippen LogP contribution in [0.5, 0.6) is 0 Å². The summed E-state index contributed by atoms with van der Waals surface area (Å²) in [5.74, 6) is 0.559. The fourth-order valence-corrected chi connectivity index (χ4v) is 1.92. The topological polar surface area (TPSA) is 17.8 Å². The first-order valence-electron chi connectivity index (χ1n) is 5.18. The van der Waals surface area contributed by atoms with Gasteiger partial charge in [-0.2, -0.15) is 0 Å². The van der Waals surface area contributed by atoms with Crippen molar-refractivity contribution in [3.63, 3.8) is 0 Å². The molecule has 0 N–H and O–H groups in total. The molecule has 0 saturated carbocycles. The van der Waals surface area contributed by atoms with Crippen molar-refractivity contribution in [2.45, 2.75) is 33.2 Å². The second-order valence-corrected chi connectivity index (χ2v) is 3.88. The molecule has 0 aliphatic rings. The number of nitrogens with zero attached hydrogens (tertiary/aromatic N) is 2. The van der Waals surface area contributed by atoms with Gasteiger partial charge in [-0.05, 0) is 31.0 Å². The second kappa shape index (κ2) is 3.45. The average Bonchev–Trinajstić information content (AvgIpc) is 2.56. The molecule has 0 fully saturated rings. The lowest BCUT2D eigenvalue weighted by molar-refractivity contribution is 0.686. The number of rotatable bonds is 2. The van der Waals surface area contributed by atoms with Crippen LogP contribution in [0, 0.1) is 0 Å². The third-order valence-electron chi connectivity index (χ3n) is 2.60. The molecular weight excluding hydrogens is 172 g/mol. The van der Waals surface area contributed by atoms with Crippen LogP contribution in [0.15, 0.2) is 24.4 Å². The Bertz CT molecular complexity index is 441. The first kappa shape index (κ1) is 9.25. The molecule has 2 aromatic rings. The number of aromatic nitrogens is 2. The van der Waals surface area contributed by atoms with E-state index < -0.39 is 0 Å². The zero-order chi connectivity index (χ0) is 10.1. The van der Waals surface area contributed by atoms with Gasteiger partial charge in [-0.3, -0.25) is 0 Å². The van der Waals surface area contributed by atoms with Gasteiger partial charge in [0.05, 0.1) is 0 Å². The molecular formula is C12H16N2. The number of hydrogen-bond acceptors (Lipinski definition) is 1. The van der Waals surface area contributed by atoms with E-state index >= 15 is 0 Å². The molecule has 2 heteroatoms. The highest BCUT2D eigenvalue weighted by atomic mass is 15.0. The first-order valence-corrected chi connectivity index (χ1v) is 5.18. The number of hydrogen-bond donors (Lipinski definition) is 0. The molecule has 0 aromatic carbocycles. The maximum Gasteiger partial charge on any atom is 0.140 e. The average molecular weight is 188 g/mol. The van der Waals surface area contributed by atoms with Crippen molar-refractivity contribution in [3.05, 3.63) is 30.1 Å². The summed E-state index contributed by atoms with van der Waals surface area (Å²) >= 11 is 0. The summed E-state index contributed by atoms with van der Waals surface area (Å²) in [4.78, 5) is 4.42. The summed E-state index contributed by atoms with van der Waals surface area (Å²) in [5, 5.41) is 1.25.